The number of aliphatic hydroxyl groups excluding tert-OH is 1. The minimum atomic E-state index is -3.94. The molecule has 1 unspecified atom stereocenters. The first-order valence-corrected chi connectivity index (χ1v) is 12.9. The number of ether oxygens (including phenoxy) is 2. The molecule has 176 valence electrons. The van der Waals surface area contributed by atoms with E-state index in [-0.39, 0.29) is 24.4 Å². The van der Waals surface area contributed by atoms with Gasteiger partial charge in [-0.3, -0.25) is 4.31 Å². The monoisotopic (exact) mass is 501 g/mol. The molecule has 1 N–H and O–H groups in total. The third kappa shape index (κ3) is 6.37. The van der Waals surface area contributed by atoms with Crippen LogP contribution in [0.15, 0.2) is 47.4 Å². The first kappa shape index (κ1) is 25.3. The van der Waals surface area contributed by atoms with E-state index in [4.69, 9.17) is 32.7 Å². The van der Waals surface area contributed by atoms with E-state index in [9.17, 15) is 13.5 Å². The summed E-state index contributed by atoms with van der Waals surface area (Å²) in [6.07, 6.45) is 3.50. The second-order valence-corrected chi connectivity index (χ2v) is 10.5. The van der Waals surface area contributed by atoms with E-state index in [0.29, 0.717) is 40.7 Å². The van der Waals surface area contributed by atoms with Gasteiger partial charge in [0.05, 0.1) is 17.2 Å². The van der Waals surface area contributed by atoms with Crippen molar-refractivity contribution in [1.82, 2.24) is 0 Å². The molecule has 9 heteroatoms. The molecular formula is C23H29Cl2NO5S. The van der Waals surface area contributed by atoms with Crippen LogP contribution in [0.5, 0.6) is 0 Å². The SMILES string of the molecule is C[C@H](CCCO)N(c1cc(Cl)ccc1COC1CCCCO1)S(=O)(=O)c1ccc(Cl)cc1. The van der Waals surface area contributed by atoms with Crippen molar-refractivity contribution in [2.24, 2.45) is 0 Å². The molecule has 0 amide bonds. The molecule has 2 aromatic carbocycles. The van der Waals surface area contributed by atoms with E-state index in [1.807, 2.05) is 6.92 Å². The highest BCUT2D eigenvalue weighted by atomic mass is 35.5. The second-order valence-electron chi connectivity index (χ2n) is 7.85. The van der Waals surface area contributed by atoms with Gasteiger partial charge in [0, 0.05) is 34.9 Å². The summed E-state index contributed by atoms with van der Waals surface area (Å²) in [5.41, 5.74) is 1.14. The number of hydrogen-bond donors (Lipinski definition) is 1. The van der Waals surface area contributed by atoms with Gasteiger partial charge in [0.15, 0.2) is 6.29 Å². The Bertz CT molecular complexity index is 978. The highest BCUT2D eigenvalue weighted by Crippen LogP contribution is 2.34. The van der Waals surface area contributed by atoms with Crippen LogP contribution in [-0.2, 0) is 26.1 Å². The number of aliphatic hydroxyl groups is 1. The zero-order chi connectivity index (χ0) is 23.1. The quantitative estimate of drug-likeness (QED) is 0.471. The predicted octanol–water partition coefficient (Wildman–Crippen LogP) is 5.39. The molecule has 1 aliphatic rings. The highest BCUT2D eigenvalue weighted by molar-refractivity contribution is 7.92. The molecule has 1 aliphatic heterocycles. The minimum Gasteiger partial charge on any atom is -0.396 e. The first-order chi connectivity index (χ1) is 15.3. The number of benzene rings is 2. The Morgan fingerprint density at radius 3 is 2.53 bits per heavy atom. The van der Waals surface area contributed by atoms with Crippen LogP contribution in [0.3, 0.4) is 0 Å². The average molecular weight is 502 g/mol. The van der Waals surface area contributed by atoms with Crippen LogP contribution in [0.2, 0.25) is 10.0 Å². The van der Waals surface area contributed by atoms with Crippen molar-refractivity contribution in [2.45, 2.75) is 62.9 Å². The topological polar surface area (TPSA) is 76.1 Å². The molecular weight excluding hydrogens is 473 g/mol. The molecule has 0 spiro atoms. The molecule has 32 heavy (non-hydrogen) atoms. The fourth-order valence-electron chi connectivity index (χ4n) is 3.72. The van der Waals surface area contributed by atoms with E-state index in [0.717, 1.165) is 19.3 Å². The molecule has 0 aromatic heterocycles. The van der Waals surface area contributed by atoms with Crippen molar-refractivity contribution >= 4 is 38.9 Å². The lowest BCUT2D eigenvalue weighted by Gasteiger charge is -2.33. The lowest BCUT2D eigenvalue weighted by atomic mass is 10.1. The molecule has 6 nitrogen and oxygen atoms in total. The fourth-order valence-corrected chi connectivity index (χ4v) is 5.73. The van der Waals surface area contributed by atoms with Gasteiger partial charge in [0.1, 0.15) is 0 Å². The number of sulfonamides is 1. The van der Waals surface area contributed by atoms with Crippen molar-refractivity contribution in [3.63, 3.8) is 0 Å². The van der Waals surface area contributed by atoms with Gasteiger partial charge in [0.25, 0.3) is 10.0 Å². The van der Waals surface area contributed by atoms with Crippen LogP contribution in [0.25, 0.3) is 0 Å². The maximum Gasteiger partial charge on any atom is 0.264 e. The lowest BCUT2D eigenvalue weighted by Crippen LogP contribution is -2.39. The zero-order valence-corrected chi connectivity index (χ0v) is 20.4. The third-order valence-corrected chi connectivity index (χ3v) is 7.83. The van der Waals surface area contributed by atoms with Crippen LogP contribution in [-0.4, -0.2) is 39.1 Å². The van der Waals surface area contributed by atoms with Gasteiger partial charge in [0.2, 0.25) is 0 Å². The van der Waals surface area contributed by atoms with E-state index in [2.05, 4.69) is 0 Å². The fraction of sp³-hybridized carbons (Fsp3) is 0.478. The van der Waals surface area contributed by atoms with Crippen molar-refractivity contribution in [3.8, 4) is 0 Å². The lowest BCUT2D eigenvalue weighted by molar-refractivity contribution is -0.168. The van der Waals surface area contributed by atoms with Crippen LogP contribution < -0.4 is 4.31 Å². The summed E-state index contributed by atoms with van der Waals surface area (Å²) in [5, 5.41) is 10.2. The normalized spacial score (nSPS) is 17.8. The minimum absolute atomic E-state index is 0.0241. The van der Waals surface area contributed by atoms with Gasteiger partial charge < -0.3 is 14.6 Å². The first-order valence-electron chi connectivity index (χ1n) is 10.8. The number of halogens is 2. The van der Waals surface area contributed by atoms with Crippen LogP contribution in [0.4, 0.5) is 5.69 Å². The third-order valence-electron chi connectivity index (χ3n) is 5.40. The number of nitrogens with zero attached hydrogens (tertiary/aromatic N) is 1. The summed E-state index contributed by atoms with van der Waals surface area (Å²) in [6, 6.07) is 10.8. The van der Waals surface area contributed by atoms with Gasteiger partial charge in [-0.15, -0.1) is 0 Å². The Morgan fingerprint density at radius 1 is 1.16 bits per heavy atom. The van der Waals surface area contributed by atoms with Crippen molar-refractivity contribution < 1.29 is 23.0 Å². The Kier molecular flexibility index (Phi) is 9.22. The number of anilines is 1. The molecule has 3 rings (SSSR count). The smallest absolute Gasteiger partial charge is 0.264 e. The van der Waals surface area contributed by atoms with E-state index < -0.39 is 16.1 Å². The Balaban J connectivity index is 1.99. The van der Waals surface area contributed by atoms with Crippen molar-refractivity contribution in [1.29, 1.82) is 0 Å². The Morgan fingerprint density at radius 2 is 1.88 bits per heavy atom. The van der Waals surface area contributed by atoms with Crippen LogP contribution >= 0.6 is 23.2 Å². The van der Waals surface area contributed by atoms with E-state index in [1.54, 1.807) is 30.3 Å². The van der Waals surface area contributed by atoms with Gasteiger partial charge in [-0.1, -0.05) is 29.3 Å². The standard InChI is InChI=1S/C23H29Cl2NO5S/c1-17(5-4-13-27)26(32(28,29)21-11-9-19(24)10-12-21)22-15-20(25)8-7-18(22)16-31-23-6-2-3-14-30-23/h7-12,15,17,23,27H,2-6,13-14,16H2,1H3/t17-,23?/m1/s1. The predicted molar refractivity (Wildman–Crippen MR) is 127 cm³/mol. The van der Waals surface area contributed by atoms with Gasteiger partial charge in [-0.25, -0.2) is 8.42 Å². The van der Waals surface area contributed by atoms with Crippen molar-refractivity contribution in [2.75, 3.05) is 17.5 Å². The maximum atomic E-state index is 13.7. The largest absolute Gasteiger partial charge is 0.396 e. The summed E-state index contributed by atoms with van der Waals surface area (Å²) < 4.78 is 40.4. The Hall–Kier alpha value is -1.35. The molecule has 0 aliphatic carbocycles. The van der Waals surface area contributed by atoms with Gasteiger partial charge in [-0.05, 0) is 75.4 Å². The second kappa shape index (κ2) is 11.7. The average Bonchev–Trinajstić information content (AvgIpc) is 2.78. The van der Waals surface area contributed by atoms with Crippen molar-refractivity contribution in [3.05, 3.63) is 58.1 Å². The maximum absolute atomic E-state index is 13.7. The summed E-state index contributed by atoms with van der Waals surface area (Å²) >= 11 is 12.3. The van der Waals surface area contributed by atoms with Gasteiger partial charge in [-0.2, -0.15) is 0 Å². The zero-order valence-electron chi connectivity index (χ0n) is 18.0. The highest BCUT2D eigenvalue weighted by Gasteiger charge is 2.31. The molecule has 1 heterocycles. The Labute approximate surface area is 200 Å². The molecule has 2 aromatic rings. The molecule has 0 radical (unpaired) electrons. The molecule has 0 saturated carbocycles. The van der Waals surface area contributed by atoms with Crippen LogP contribution in [0.1, 0.15) is 44.6 Å². The van der Waals surface area contributed by atoms with Gasteiger partial charge >= 0.3 is 0 Å². The number of hydrogen-bond acceptors (Lipinski definition) is 5. The number of rotatable bonds is 10. The molecule has 0 bridgehead atoms. The molecule has 1 fully saturated rings. The van der Waals surface area contributed by atoms with E-state index in [1.165, 1.54) is 16.4 Å². The molecule has 1 saturated heterocycles. The summed E-state index contributed by atoms with van der Waals surface area (Å²) in [6.45, 7) is 2.65. The van der Waals surface area contributed by atoms with E-state index >= 15 is 0 Å². The molecule has 2 atom stereocenters. The summed E-state index contributed by atoms with van der Waals surface area (Å²) in [7, 11) is -3.94. The summed E-state index contributed by atoms with van der Waals surface area (Å²) in [5.74, 6) is 0. The summed E-state index contributed by atoms with van der Waals surface area (Å²) in [4.78, 5) is 0.125. The van der Waals surface area contributed by atoms with Crippen LogP contribution in [0, 0.1) is 0 Å².